The molecule has 1 aromatic heterocycles. The molecule has 0 radical (unpaired) electrons. The summed E-state index contributed by atoms with van der Waals surface area (Å²) in [4.78, 5) is 19.2. The van der Waals surface area contributed by atoms with Crippen LogP contribution in [-0.4, -0.2) is 23.0 Å². The molecule has 1 aromatic carbocycles. The molecule has 98 valence electrons. The van der Waals surface area contributed by atoms with Crippen molar-refractivity contribution in [3.63, 3.8) is 0 Å². The number of ether oxygens (including phenoxy) is 1. The van der Waals surface area contributed by atoms with Crippen molar-refractivity contribution in [2.75, 3.05) is 12.4 Å². The van der Waals surface area contributed by atoms with Crippen LogP contribution in [0.4, 0.5) is 15.9 Å². The highest BCUT2D eigenvalue weighted by Crippen LogP contribution is 2.17. The first-order valence-electron chi connectivity index (χ1n) is 5.53. The number of methoxy groups -OCH3 is 1. The number of nitrogens with one attached hydrogen (secondary N) is 1. The maximum absolute atomic E-state index is 13.4. The third-order valence-electron chi connectivity index (χ3n) is 2.47. The van der Waals surface area contributed by atoms with Gasteiger partial charge in [-0.2, -0.15) is 0 Å². The van der Waals surface area contributed by atoms with Crippen LogP contribution in [0.3, 0.4) is 0 Å². The third-order valence-corrected chi connectivity index (χ3v) is 2.47. The largest absolute Gasteiger partial charge is 0.464 e. The van der Waals surface area contributed by atoms with E-state index in [4.69, 9.17) is 0 Å². The Hall–Kier alpha value is -2.50. The summed E-state index contributed by atoms with van der Waals surface area (Å²) in [5.41, 5.74) is 1.17. The van der Waals surface area contributed by atoms with E-state index in [0.29, 0.717) is 17.1 Å². The molecule has 0 aliphatic heterocycles. The Morgan fingerprint density at radius 2 is 2.16 bits per heavy atom. The fourth-order valence-corrected chi connectivity index (χ4v) is 1.45. The minimum absolute atomic E-state index is 0.0834. The SMILES string of the molecule is COC(=O)c1cncc(Nc2ccc(C)c(F)c2)n1. The number of halogens is 1. The average molecular weight is 261 g/mol. The second-order valence-electron chi connectivity index (χ2n) is 3.87. The number of anilines is 2. The molecule has 6 heteroatoms. The molecule has 0 bridgehead atoms. The molecule has 0 spiro atoms. The molecule has 19 heavy (non-hydrogen) atoms. The molecule has 5 nitrogen and oxygen atoms in total. The molecule has 0 aliphatic carbocycles. The van der Waals surface area contributed by atoms with E-state index >= 15 is 0 Å². The Kier molecular flexibility index (Phi) is 3.70. The van der Waals surface area contributed by atoms with E-state index in [0.717, 1.165) is 0 Å². The van der Waals surface area contributed by atoms with Gasteiger partial charge in [-0.1, -0.05) is 6.07 Å². The van der Waals surface area contributed by atoms with Crippen molar-refractivity contribution >= 4 is 17.5 Å². The minimum Gasteiger partial charge on any atom is -0.464 e. The number of hydrogen-bond donors (Lipinski definition) is 1. The Morgan fingerprint density at radius 3 is 2.84 bits per heavy atom. The Balaban J connectivity index is 2.23. The van der Waals surface area contributed by atoms with Gasteiger partial charge >= 0.3 is 5.97 Å². The molecule has 1 N–H and O–H groups in total. The first kappa shape index (κ1) is 12.9. The molecule has 2 aromatic rings. The van der Waals surface area contributed by atoms with Gasteiger partial charge in [-0.15, -0.1) is 0 Å². The number of esters is 1. The Labute approximate surface area is 109 Å². The number of benzene rings is 1. The van der Waals surface area contributed by atoms with Gasteiger partial charge in [0.15, 0.2) is 5.69 Å². The van der Waals surface area contributed by atoms with Crippen molar-refractivity contribution < 1.29 is 13.9 Å². The van der Waals surface area contributed by atoms with Crippen LogP contribution in [0, 0.1) is 12.7 Å². The fraction of sp³-hybridized carbons (Fsp3) is 0.154. The standard InChI is InChI=1S/C13H12FN3O2/c1-8-3-4-9(5-10(8)14)16-12-7-15-6-11(17-12)13(18)19-2/h3-7H,1-2H3,(H,16,17). The average Bonchev–Trinajstić information content (AvgIpc) is 2.42. The van der Waals surface area contributed by atoms with Gasteiger partial charge in [0.05, 0.1) is 19.5 Å². The molecular weight excluding hydrogens is 249 g/mol. The summed E-state index contributed by atoms with van der Waals surface area (Å²) in [6.07, 6.45) is 2.73. The maximum Gasteiger partial charge on any atom is 0.358 e. The normalized spacial score (nSPS) is 10.1. The molecule has 0 fully saturated rings. The predicted octanol–water partition coefficient (Wildman–Crippen LogP) is 2.45. The summed E-state index contributed by atoms with van der Waals surface area (Å²) >= 11 is 0. The van der Waals surface area contributed by atoms with Gasteiger partial charge in [0, 0.05) is 5.69 Å². The second-order valence-corrected chi connectivity index (χ2v) is 3.87. The highest BCUT2D eigenvalue weighted by Gasteiger charge is 2.09. The van der Waals surface area contributed by atoms with Crippen LogP contribution in [0.5, 0.6) is 0 Å². The zero-order valence-electron chi connectivity index (χ0n) is 10.5. The lowest BCUT2D eigenvalue weighted by Crippen LogP contribution is -2.06. The van der Waals surface area contributed by atoms with Crippen molar-refractivity contribution in [2.45, 2.75) is 6.92 Å². The van der Waals surface area contributed by atoms with Crippen LogP contribution in [0.15, 0.2) is 30.6 Å². The van der Waals surface area contributed by atoms with E-state index in [1.54, 1.807) is 19.1 Å². The van der Waals surface area contributed by atoms with Crippen molar-refractivity contribution in [3.05, 3.63) is 47.7 Å². The van der Waals surface area contributed by atoms with E-state index in [1.807, 2.05) is 0 Å². The maximum atomic E-state index is 13.4. The van der Waals surface area contributed by atoms with Gasteiger partial charge in [-0.25, -0.2) is 14.2 Å². The van der Waals surface area contributed by atoms with Crippen LogP contribution in [0.1, 0.15) is 16.1 Å². The van der Waals surface area contributed by atoms with Crippen LogP contribution < -0.4 is 5.32 Å². The topological polar surface area (TPSA) is 64.1 Å². The Bertz CT molecular complexity index is 617. The van der Waals surface area contributed by atoms with E-state index in [1.165, 1.54) is 25.6 Å². The summed E-state index contributed by atoms with van der Waals surface area (Å²) in [5.74, 6) is -0.556. The van der Waals surface area contributed by atoms with E-state index < -0.39 is 5.97 Å². The summed E-state index contributed by atoms with van der Waals surface area (Å²) in [6, 6.07) is 4.71. The molecule has 1 heterocycles. The van der Waals surface area contributed by atoms with Crippen LogP contribution in [-0.2, 0) is 4.74 Å². The second kappa shape index (κ2) is 5.43. The number of carbonyl (C=O) groups is 1. The monoisotopic (exact) mass is 261 g/mol. The van der Waals surface area contributed by atoms with Gasteiger partial charge in [-0.3, -0.25) is 4.98 Å². The molecule has 0 saturated carbocycles. The third kappa shape index (κ3) is 3.04. The highest BCUT2D eigenvalue weighted by molar-refractivity contribution is 5.87. The molecule has 0 amide bonds. The van der Waals surface area contributed by atoms with Crippen molar-refractivity contribution in [2.24, 2.45) is 0 Å². The Morgan fingerprint density at radius 1 is 1.37 bits per heavy atom. The minimum atomic E-state index is -0.578. The van der Waals surface area contributed by atoms with Crippen molar-refractivity contribution in [3.8, 4) is 0 Å². The first-order valence-corrected chi connectivity index (χ1v) is 5.53. The summed E-state index contributed by atoms with van der Waals surface area (Å²) in [7, 11) is 1.26. The van der Waals surface area contributed by atoms with Gasteiger partial charge in [0.1, 0.15) is 11.6 Å². The highest BCUT2D eigenvalue weighted by atomic mass is 19.1. The number of carbonyl (C=O) groups excluding carboxylic acids is 1. The van der Waals surface area contributed by atoms with E-state index in [9.17, 15) is 9.18 Å². The van der Waals surface area contributed by atoms with Gasteiger partial charge in [-0.05, 0) is 24.6 Å². The van der Waals surface area contributed by atoms with Gasteiger partial charge < -0.3 is 10.1 Å². The lowest BCUT2D eigenvalue weighted by molar-refractivity contribution is 0.0593. The lowest BCUT2D eigenvalue weighted by Gasteiger charge is -2.07. The summed E-state index contributed by atoms with van der Waals surface area (Å²) in [6.45, 7) is 1.68. The number of hydrogen-bond acceptors (Lipinski definition) is 5. The molecular formula is C13H12FN3O2. The number of aryl methyl sites for hydroxylation is 1. The molecule has 0 unspecified atom stereocenters. The molecule has 0 atom stereocenters. The van der Waals surface area contributed by atoms with E-state index in [2.05, 4.69) is 20.0 Å². The van der Waals surface area contributed by atoms with Crippen molar-refractivity contribution in [1.29, 1.82) is 0 Å². The van der Waals surface area contributed by atoms with Crippen molar-refractivity contribution in [1.82, 2.24) is 9.97 Å². The van der Waals surface area contributed by atoms with Crippen LogP contribution >= 0.6 is 0 Å². The van der Waals surface area contributed by atoms with Crippen LogP contribution in [0.25, 0.3) is 0 Å². The fourth-order valence-electron chi connectivity index (χ4n) is 1.45. The quantitative estimate of drug-likeness (QED) is 0.860. The number of rotatable bonds is 3. The van der Waals surface area contributed by atoms with Gasteiger partial charge in [0.2, 0.25) is 0 Å². The first-order chi connectivity index (χ1) is 9.10. The molecule has 0 aliphatic rings. The van der Waals surface area contributed by atoms with Gasteiger partial charge in [0.25, 0.3) is 0 Å². The zero-order chi connectivity index (χ0) is 13.8. The molecule has 2 rings (SSSR count). The van der Waals surface area contributed by atoms with E-state index in [-0.39, 0.29) is 11.5 Å². The number of nitrogens with zero attached hydrogens (tertiary/aromatic N) is 2. The van der Waals surface area contributed by atoms with Crippen LogP contribution in [0.2, 0.25) is 0 Å². The lowest BCUT2D eigenvalue weighted by atomic mass is 10.2. The zero-order valence-corrected chi connectivity index (χ0v) is 10.5. The summed E-state index contributed by atoms with van der Waals surface area (Å²) < 4.78 is 17.9. The molecule has 0 saturated heterocycles. The smallest absolute Gasteiger partial charge is 0.358 e. The summed E-state index contributed by atoms with van der Waals surface area (Å²) in [5, 5.41) is 2.87. The predicted molar refractivity (Wildman–Crippen MR) is 67.8 cm³/mol. The number of aromatic nitrogens is 2.